The zero-order valence-electron chi connectivity index (χ0n) is 11.4. The average Bonchev–Trinajstić information content (AvgIpc) is 3.11. The maximum absolute atomic E-state index is 6.60. The monoisotopic (exact) mass is 315 g/mol. The molecule has 1 unspecified atom stereocenters. The number of halogens is 1. The number of thiazole rings is 1. The predicted molar refractivity (Wildman–Crippen MR) is 87.6 cm³/mol. The molecule has 0 radical (unpaired) electrons. The molecule has 2 heterocycles. The Balaban J connectivity index is 1.58. The van der Waals surface area contributed by atoms with Gasteiger partial charge in [0.25, 0.3) is 0 Å². The summed E-state index contributed by atoms with van der Waals surface area (Å²) in [6.07, 6.45) is 1.74. The number of alkyl halides is 1. The summed E-state index contributed by atoms with van der Waals surface area (Å²) < 4.78 is 6.76. The van der Waals surface area contributed by atoms with E-state index in [0.29, 0.717) is 0 Å². The van der Waals surface area contributed by atoms with E-state index < -0.39 is 0 Å². The van der Waals surface area contributed by atoms with Crippen molar-refractivity contribution >= 4 is 33.2 Å². The van der Waals surface area contributed by atoms with Crippen molar-refractivity contribution in [3.8, 4) is 5.75 Å². The maximum Gasteiger partial charge on any atom is 0.122 e. The van der Waals surface area contributed by atoms with Crippen molar-refractivity contribution in [2.75, 3.05) is 6.61 Å². The average molecular weight is 316 g/mol. The number of ether oxygens (including phenoxy) is 1. The van der Waals surface area contributed by atoms with Crippen LogP contribution in [0.5, 0.6) is 5.75 Å². The molecule has 3 aromatic rings. The van der Waals surface area contributed by atoms with E-state index in [9.17, 15) is 0 Å². The fraction of sp³-hybridized carbons (Fsp3) is 0.235. The Labute approximate surface area is 132 Å². The summed E-state index contributed by atoms with van der Waals surface area (Å²) in [4.78, 5) is 4.66. The molecule has 1 aromatic heterocycles. The van der Waals surface area contributed by atoms with E-state index in [1.807, 2.05) is 24.3 Å². The van der Waals surface area contributed by atoms with Crippen molar-refractivity contribution in [2.24, 2.45) is 0 Å². The van der Waals surface area contributed by atoms with Gasteiger partial charge >= 0.3 is 0 Å². The van der Waals surface area contributed by atoms with E-state index >= 15 is 0 Å². The van der Waals surface area contributed by atoms with Gasteiger partial charge in [-0.2, -0.15) is 0 Å². The van der Waals surface area contributed by atoms with Crippen molar-refractivity contribution in [1.29, 1.82) is 0 Å². The Morgan fingerprint density at radius 2 is 2.14 bits per heavy atom. The van der Waals surface area contributed by atoms with Crippen LogP contribution < -0.4 is 4.74 Å². The molecule has 0 aliphatic carbocycles. The van der Waals surface area contributed by atoms with Crippen LogP contribution in [0.15, 0.2) is 42.5 Å². The van der Waals surface area contributed by atoms with Crippen molar-refractivity contribution < 1.29 is 4.74 Å². The Hall–Kier alpha value is -1.58. The van der Waals surface area contributed by atoms with Crippen molar-refractivity contribution in [3.63, 3.8) is 0 Å². The minimum absolute atomic E-state index is 0.0449. The van der Waals surface area contributed by atoms with Crippen LogP contribution in [0.1, 0.15) is 21.5 Å². The SMILES string of the molecule is ClC(Cc1nc2ccccc2s1)c1ccc2c(c1)CCO2. The summed E-state index contributed by atoms with van der Waals surface area (Å²) in [6, 6.07) is 14.5. The lowest BCUT2D eigenvalue weighted by Gasteiger charge is -2.09. The Morgan fingerprint density at radius 3 is 3.05 bits per heavy atom. The van der Waals surface area contributed by atoms with Gasteiger partial charge in [-0.25, -0.2) is 4.98 Å². The standard InChI is InChI=1S/C17H14ClNOS/c18-13(11-5-6-15-12(9-11)7-8-20-15)10-17-19-14-3-1-2-4-16(14)21-17/h1-6,9,13H,7-8,10H2. The number of rotatable bonds is 3. The third-order valence-corrected chi connectivity index (χ3v) is 5.23. The number of fused-ring (bicyclic) bond motifs is 2. The van der Waals surface area contributed by atoms with Crippen molar-refractivity contribution in [1.82, 2.24) is 4.98 Å². The molecule has 1 atom stereocenters. The van der Waals surface area contributed by atoms with Gasteiger partial charge in [-0.1, -0.05) is 24.3 Å². The Bertz CT molecular complexity index is 765. The molecule has 21 heavy (non-hydrogen) atoms. The number of benzene rings is 2. The van der Waals surface area contributed by atoms with E-state index in [1.54, 1.807) is 11.3 Å². The molecule has 4 rings (SSSR count). The summed E-state index contributed by atoms with van der Waals surface area (Å²) in [5.41, 5.74) is 3.48. The van der Waals surface area contributed by atoms with Crippen LogP contribution in [0.25, 0.3) is 10.2 Å². The second kappa shape index (κ2) is 5.32. The van der Waals surface area contributed by atoms with E-state index in [1.165, 1.54) is 10.3 Å². The number of nitrogens with zero attached hydrogens (tertiary/aromatic N) is 1. The molecule has 2 aromatic carbocycles. The van der Waals surface area contributed by atoms with Crippen LogP contribution in [0, 0.1) is 0 Å². The minimum atomic E-state index is -0.0449. The fourth-order valence-corrected chi connectivity index (χ4v) is 4.07. The summed E-state index contributed by atoms with van der Waals surface area (Å²) in [5, 5.41) is 1.05. The minimum Gasteiger partial charge on any atom is -0.493 e. The van der Waals surface area contributed by atoms with Crippen molar-refractivity contribution in [2.45, 2.75) is 18.2 Å². The third kappa shape index (κ3) is 2.52. The smallest absolute Gasteiger partial charge is 0.122 e. The number of hydrogen-bond donors (Lipinski definition) is 0. The zero-order chi connectivity index (χ0) is 14.2. The lowest BCUT2D eigenvalue weighted by atomic mass is 10.0. The summed E-state index contributed by atoms with van der Waals surface area (Å²) in [6.45, 7) is 0.781. The highest BCUT2D eigenvalue weighted by molar-refractivity contribution is 7.18. The summed E-state index contributed by atoms with van der Waals surface area (Å²) >= 11 is 8.32. The van der Waals surface area contributed by atoms with Crippen LogP contribution in [0.3, 0.4) is 0 Å². The van der Waals surface area contributed by atoms with Crippen LogP contribution in [0.4, 0.5) is 0 Å². The quantitative estimate of drug-likeness (QED) is 0.650. The van der Waals surface area contributed by atoms with Gasteiger partial charge in [0.15, 0.2) is 0 Å². The topological polar surface area (TPSA) is 22.1 Å². The molecule has 4 heteroatoms. The normalized spacial score (nSPS) is 14.9. The molecule has 2 nitrogen and oxygen atoms in total. The largest absolute Gasteiger partial charge is 0.493 e. The lowest BCUT2D eigenvalue weighted by Crippen LogP contribution is -1.96. The number of aromatic nitrogens is 1. The number of hydrogen-bond acceptors (Lipinski definition) is 3. The van der Waals surface area contributed by atoms with E-state index in [0.717, 1.165) is 41.3 Å². The third-order valence-electron chi connectivity index (χ3n) is 3.77. The molecule has 1 aliphatic heterocycles. The highest BCUT2D eigenvalue weighted by Gasteiger charge is 2.17. The van der Waals surface area contributed by atoms with Gasteiger partial charge < -0.3 is 4.74 Å². The highest BCUT2D eigenvalue weighted by Crippen LogP contribution is 2.33. The van der Waals surface area contributed by atoms with Gasteiger partial charge in [0.05, 0.1) is 27.2 Å². The predicted octanol–water partition coefficient (Wildman–Crippen LogP) is 4.75. The van der Waals surface area contributed by atoms with Crippen LogP contribution in [-0.2, 0) is 12.8 Å². The van der Waals surface area contributed by atoms with Gasteiger partial charge in [-0.3, -0.25) is 0 Å². The molecule has 0 fully saturated rings. The fourth-order valence-electron chi connectivity index (χ4n) is 2.68. The molecule has 0 bridgehead atoms. The second-order valence-electron chi connectivity index (χ2n) is 5.21. The number of para-hydroxylation sites is 1. The highest BCUT2D eigenvalue weighted by atomic mass is 35.5. The van der Waals surface area contributed by atoms with Crippen LogP contribution in [-0.4, -0.2) is 11.6 Å². The molecular weight excluding hydrogens is 302 g/mol. The van der Waals surface area contributed by atoms with E-state index in [-0.39, 0.29) is 5.38 Å². The first kappa shape index (κ1) is 13.1. The summed E-state index contributed by atoms with van der Waals surface area (Å²) in [5.74, 6) is 1.00. The zero-order valence-corrected chi connectivity index (χ0v) is 13.0. The Morgan fingerprint density at radius 1 is 1.24 bits per heavy atom. The van der Waals surface area contributed by atoms with Crippen LogP contribution >= 0.6 is 22.9 Å². The molecule has 0 amide bonds. The molecule has 0 saturated heterocycles. The van der Waals surface area contributed by atoms with Gasteiger partial charge in [-0.15, -0.1) is 22.9 Å². The Kier molecular flexibility index (Phi) is 3.32. The van der Waals surface area contributed by atoms with Gasteiger partial charge in [0, 0.05) is 12.8 Å². The molecule has 106 valence electrons. The molecule has 0 saturated carbocycles. The first-order chi connectivity index (χ1) is 10.3. The van der Waals surface area contributed by atoms with Gasteiger partial charge in [0.1, 0.15) is 5.75 Å². The lowest BCUT2D eigenvalue weighted by molar-refractivity contribution is 0.357. The van der Waals surface area contributed by atoms with Crippen LogP contribution in [0.2, 0.25) is 0 Å². The maximum atomic E-state index is 6.60. The molecule has 1 aliphatic rings. The van der Waals surface area contributed by atoms with E-state index in [2.05, 4.69) is 23.2 Å². The first-order valence-electron chi connectivity index (χ1n) is 7.04. The second-order valence-corrected chi connectivity index (χ2v) is 6.85. The van der Waals surface area contributed by atoms with Gasteiger partial charge in [0.2, 0.25) is 0 Å². The van der Waals surface area contributed by atoms with E-state index in [4.69, 9.17) is 16.3 Å². The summed E-state index contributed by atoms with van der Waals surface area (Å²) in [7, 11) is 0. The first-order valence-corrected chi connectivity index (χ1v) is 8.29. The molecule has 0 spiro atoms. The van der Waals surface area contributed by atoms with Gasteiger partial charge in [-0.05, 0) is 29.3 Å². The molecular formula is C17H14ClNOS. The van der Waals surface area contributed by atoms with Crippen molar-refractivity contribution in [3.05, 3.63) is 58.6 Å². The molecule has 0 N–H and O–H groups in total.